The van der Waals surface area contributed by atoms with Crippen LogP contribution in [0.4, 0.5) is 0 Å². The topological polar surface area (TPSA) is 70.2 Å². The van der Waals surface area contributed by atoms with E-state index >= 15 is 0 Å². The van der Waals surface area contributed by atoms with E-state index in [2.05, 4.69) is 48.0 Å². The Kier molecular flexibility index (Phi) is 5.21. The molecule has 1 heterocycles. The van der Waals surface area contributed by atoms with Gasteiger partial charge in [-0.15, -0.1) is 0 Å². The van der Waals surface area contributed by atoms with Crippen molar-refractivity contribution in [3.63, 3.8) is 0 Å². The van der Waals surface area contributed by atoms with Gasteiger partial charge in [-0.2, -0.15) is 0 Å². The predicted molar refractivity (Wildman–Crippen MR) is 110 cm³/mol. The number of hydrogen-bond acceptors (Lipinski definition) is 3. The van der Waals surface area contributed by atoms with Crippen LogP contribution in [0.3, 0.4) is 0 Å². The molecule has 28 heavy (non-hydrogen) atoms. The Morgan fingerprint density at radius 2 is 1.82 bits per heavy atom. The molecule has 2 amide bonds. The Morgan fingerprint density at radius 1 is 1.07 bits per heavy atom. The van der Waals surface area contributed by atoms with Crippen LogP contribution in [-0.4, -0.2) is 38.0 Å². The number of carbonyl (C=O) groups is 2. The largest absolute Gasteiger partial charge is 0.347 e. The zero-order chi connectivity index (χ0) is 19.8. The predicted octanol–water partition coefficient (Wildman–Crippen LogP) is 2.35. The van der Waals surface area contributed by atoms with Crippen LogP contribution in [0.1, 0.15) is 55.2 Å². The summed E-state index contributed by atoms with van der Waals surface area (Å²) in [5.41, 5.74) is 4.30. The number of aryl methyl sites for hydroxylation is 1. The Labute approximate surface area is 168 Å². The third-order valence-electron chi connectivity index (χ3n) is 7.74. The highest BCUT2D eigenvalue weighted by molar-refractivity contribution is 6.35. The molecule has 2 saturated carbocycles. The number of nitrogens with one attached hydrogen (secondary N) is 3. The molecule has 1 aromatic carbocycles. The van der Waals surface area contributed by atoms with E-state index < -0.39 is 11.8 Å². The summed E-state index contributed by atoms with van der Waals surface area (Å²) in [6.45, 7) is 7.42. The van der Waals surface area contributed by atoms with Gasteiger partial charge in [-0.1, -0.05) is 24.6 Å². The normalized spacial score (nSPS) is 24.3. The number of hydrogen-bond donors (Lipinski definition) is 3. The van der Waals surface area contributed by atoms with Crippen molar-refractivity contribution in [2.45, 2.75) is 57.8 Å². The first kappa shape index (κ1) is 19.4. The fraction of sp³-hybridized carbons (Fsp3) is 0.652. The van der Waals surface area contributed by atoms with Gasteiger partial charge in [0.2, 0.25) is 0 Å². The van der Waals surface area contributed by atoms with Crippen molar-refractivity contribution in [1.29, 1.82) is 0 Å². The van der Waals surface area contributed by atoms with E-state index in [4.69, 9.17) is 0 Å². The molecule has 152 valence electrons. The highest BCUT2D eigenvalue weighted by Gasteiger charge is 2.46. The molecule has 3 fully saturated rings. The van der Waals surface area contributed by atoms with Crippen LogP contribution < -0.4 is 16.0 Å². The molecule has 1 saturated heterocycles. The van der Waals surface area contributed by atoms with Gasteiger partial charge < -0.3 is 16.0 Å². The molecule has 5 heteroatoms. The summed E-state index contributed by atoms with van der Waals surface area (Å²) in [5.74, 6) is -0.545. The summed E-state index contributed by atoms with van der Waals surface area (Å²) < 4.78 is 0. The lowest BCUT2D eigenvalue weighted by Crippen LogP contribution is -2.54. The van der Waals surface area contributed by atoms with E-state index in [9.17, 15) is 9.59 Å². The second-order valence-electron chi connectivity index (χ2n) is 9.29. The van der Waals surface area contributed by atoms with Crippen molar-refractivity contribution >= 4 is 11.8 Å². The molecule has 0 aromatic heterocycles. The van der Waals surface area contributed by atoms with Gasteiger partial charge in [-0.25, -0.2) is 0 Å². The Hall–Kier alpha value is -1.88. The fourth-order valence-electron chi connectivity index (χ4n) is 5.26. The van der Waals surface area contributed by atoms with Gasteiger partial charge in [0.05, 0.1) is 0 Å². The van der Waals surface area contributed by atoms with Crippen LogP contribution in [0.2, 0.25) is 0 Å². The molecule has 1 spiro atoms. The first-order valence-corrected chi connectivity index (χ1v) is 10.8. The summed E-state index contributed by atoms with van der Waals surface area (Å²) in [5, 5.41) is 9.24. The molecule has 1 aliphatic heterocycles. The molecule has 0 bridgehead atoms. The van der Waals surface area contributed by atoms with E-state index in [0.29, 0.717) is 24.4 Å². The molecule has 0 radical (unpaired) electrons. The highest BCUT2D eigenvalue weighted by atomic mass is 16.2. The van der Waals surface area contributed by atoms with Crippen molar-refractivity contribution in [2.24, 2.45) is 11.3 Å². The van der Waals surface area contributed by atoms with Crippen LogP contribution in [-0.2, 0) is 15.0 Å². The highest BCUT2D eigenvalue weighted by Crippen LogP contribution is 2.51. The molecular weight excluding hydrogens is 350 g/mol. The maximum atomic E-state index is 12.4. The molecule has 1 atom stereocenters. The lowest BCUT2D eigenvalue weighted by Gasteiger charge is -2.51. The number of rotatable bonds is 5. The molecular formula is C23H33N3O2. The third-order valence-corrected chi connectivity index (χ3v) is 7.74. The van der Waals surface area contributed by atoms with E-state index in [1.54, 1.807) is 0 Å². The van der Waals surface area contributed by atoms with Crippen LogP contribution in [0.15, 0.2) is 18.2 Å². The average molecular weight is 384 g/mol. The molecule has 5 nitrogen and oxygen atoms in total. The summed E-state index contributed by atoms with van der Waals surface area (Å²) in [4.78, 5) is 24.7. The van der Waals surface area contributed by atoms with E-state index in [1.807, 2.05) is 0 Å². The molecule has 3 aliphatic rings. The van der Waals surface area contributed by atoms with Crippen LogP contribution in [0.25, 0.3) is 0 Å². The number of carbonyl (C=O) groups excluding carboxylic acids is 2. The van der Waals surface area contributed by atoms with Crippen LogP contribution in [0, 0.1) is 25.2 Å². The first-order valence-electron chi connectivity index (χ1n) is 10.8. The van der Waals surface area contributed by atoms with Crippen molar-refractivity contribution in [1.82, 2.24) is 16.0 Å². The van der Waals surface area contributed by atoms with Crippen LogP contribution >= 0.6 is 0 Å². The van der Waals surface area contributed by atoms with Gasteiger partial charge >= 0.3 is 11.8 Å². The Morgan fingerprint density at radius 3 is 2.50 bits per heavy atom. The van der Waals surface area contributed by atoms with Crippen molar-refractivity contribution < 1.29 is 9.59 Å². The second-order valence-corrected chi connectivity index (χ2v) is 9.29. The lowest BCUT2D eigenvalue weighted by molar-refractivity contribution is -0.139. The summed E-state index contributed by atoms with van der Waals surface area (Å²) in [7, 11) is 0. The maximum Gasteiger partial charge on any atom is 0.309 e. The fourth-order valence-corrected chi connectivity index (χ4v) is 5.26. The minimum absolute atomic E-state index is 0.00925. The number of benzene rings is 1. The monoisotopic (exact) mass is 383 g/mol. The van der Waals surface area contributed by atoms with Gasteiger partial charge in [-0.3, -0.25) is 9.59 Å². The van der Waals surface area contributed by atoms with E-state index in [-0.39, 0.29) is 5.41 Å². The molecule has 3 N–H and O–H groups in total. The van der Waals surface area contributed by atoms with Gasteiger partial charge in [0.1, 0.15) is 0 Å². The number of amides is 2. The standard InChI is InChI=1S/C23H33N3O2/c1-16-5-3-6-19(17(16)2)23(9-10-23)15-26-21(28)20(27)25-14-18-13-24-12-11-22(18)7-4-8-22/h3,5-6,18,24H,4,7-15H2,1-2H3,(H,25,27)(H,26,28). The lowest BCUT2D eigenvalue weighted by atomic mass is 9.58. The van der Waals surface area contributed by atoms with Gasteiger partial charge in [0.15, 0.2) is 0 Å². The van der Waals surface area contributed by atoms with Crippen molar-refractivity contribution in [2.75, 3.05) is 26.2 Å². The summed E-state index contributed by atoms with van der Waals surface area (Å²) >= 11 is 0. The smallest absolute Gasteiger partial charge is 0.309 e. The van der Waals surface area contributed by atoms with Gasteiger partial charge in [0.25, 0.3) is 0 Å². The Balaban J connectivity index is 1.29. The minimum atomic E-state index is -0.497. The zero-order valence-corrected chi connectivity index (χ0v) is 17.2. The van der Waals surface area contributed by atoms with Gasteiger partial charge in [0, 0.05) is 25.0 Å². The molecule has 1 aromatic rings. The number of piperidine rings is 1. The molecule has 4 rings (SSSR count). The van der Waals surface area contributed by atoms with Crippen molar-refractivity contribution in [3.05, 3.63) is 34.9 Å². The first-order chi connectivity index (χ1) is 13.5. The quantitative estimate of drug-likeness (QED) is 0.684. The van der Waals surface area contributed by atoms with Crippen LogP contribution in [0.5, 0.6) is 0 Å². The zero-order valence-electron chi connectivity index (χ0n) is 17.2. The summed E-state index contributed by atoms with van der Waals surface area (Å²) in [6.07, 6.45) is 7.15. The van der Waals surface area contributed by atoms with E-state index in [1.165, 1.54) is 42.4 Å². The van der Waals surface area contributed by atoms with E-state index in [0.717, 1.165) is 25.9 Å². The minimum Gasteiger partial charge on any atom is -0.347 e. The summed E-state index contributed by atoms with van der Waals surface area (Å²) in [6, 6.07) is 6.37. The SMILES string of the molecule is Cc1cccc(C2(CNC(=O)C(=O)NCC3CNCCC34CCC4)CC2)c1C. The molecule has 1 unspecified atom stereocenters. The molecule has 2 aliphatic carbocycles. The maximum absolute atomic E-state index is 12.4. The second kappa shape index (κ2) is 7.51. The average Bonchev–Trinajstić information content (AvgIpc) is 3.46. The van der Waals surface area contributed by atoms with Crippen molar-refractivity contribution in [3.8, 4) is 0 Å². The third kappa shape index (κ3) is 3.57. The van der Waals surface area contributed by atoms with Gasteiger partial charge in [-0.05, 0) is 80.5 Å². The Bertz CT molecular complexity index is 765.